The van der Waals surface area contributed by atoms with E-state index in [1.54, 1.807) is 17.8 Å². The van der Waals surface area contributed by atoms with E-state index >= 15 is 0 Å². The molecule has 0 radical (unpaired) electrons. The van der Waals surface area contributed by atoms with E-state index in [1.165, 1.54) is 0 Å². The Morgan fingerprint density at radius 3 is 2.46 bits per heavy atom. The van der Waals surface area contributed by atoms with Gasteiger partial charge < -0.3 is 0 Å². The second-order valence-corrected chi connectivity index (χ2v) is 5.70. The standard InChI is InChI=1S/C11H15NS/c1-5-9-6-7-10(12-8-9)13-11(2,3)4/h5-8H,1H2,2-4H3. The third kappa shape index (κ3) is 3.64. The fourth-order valence-electron chi connectivity index (χ4n) is 0.887. The highest BCUT2D eigenvalue weighted by atomic mass is 32.2. The fourth-order valence-corrected chi connectivity index (χ4v) is 1.76. The highest BCUT2D eigenvalue weighted by Gasteiger charge is 2.12. The summed E-state index contributed by atoms with van der Waals surface area (Å²) in [5.41, 5.74) is 1.07. The van der Waals surface area contributed by atoms with Crippen LogP contribution in [0.5, 0.6) is 0 Å². The number of nitrogens with zero attached hydrogens (tertiary/aromatic N) is 1. The molecule has 0 aromatic carbocycles. The summed E-state index contributed by atoms with van der Waals surface area (Å²) in [6.07, 6.45) is 3.65. The summed E-state index contributed by atoms with van der Waals surface area (Å²) < 4.78 is 0.225. The Bertz CT molecular complexity index is 282. The number of hydrogen-bond acceptors (Lipinski definition) is 2. The molecule has 0 saturated carbocycles. The molecular formula is C11H15NS. The highest BCUT2D eigenvalue weighted by molar-refractivity contribution is 8.00. The number of hydrogen-bond donors (Lipinski definition) is 0. The van der Waals surface area contributed by atoms with Crippen LogP contribution in [0, 0.1) is 0 Å². The van der Waals surface area contributed by atoms with Gasteiger partial charge in [0.2, 0.25) is 0 Å². The van der Waals surface area contributed by atoms with Crippen LogP contribution < -0.4 is 0 Å². The first-order valence-corrected chi connectivity index (χ1v) is 5.10. The second kappa shape index (κ2) is 3.97. The van der Waals surface area contributed by atoms with Crippen LogP contribution in [-0.4, -0.2) is 9.73 Å². The summed E-state index contributed by atoms with van der Waals surface area (Å²) >= 11 is 1.77. The third-order valence-corrected chi connectivity index (χ3v) is 2.47. The molecule has 1 nitrogen and oxygen atoms in total. The van der Waals surface area contributed by atoms with Gasteiger partial charge in [-0.05, 0) is 11.6 Å². The first-order valence-electron chi connectivity index (χ1n) is 4.29. The molecule has 0 N–H and O–H groups in total. The predicted octanol–water partition coefficient (Wildman–Crippen LogP) is 3.62. The number of pyridine rings is 1. The Morgan fingerprint density at radius 1 is 1.38 bits per heavy atom. The van der Waals surface area contributed by atoms with Crippen molar-refractivity contribution < 1.29 is 0 Å². The lowest BCUT2D eigenvalue weighted by Crippen LogP contribution is -2.07. The van der Waals surface area contributed by atoms with Gasteiger partial charge in [-0.15, -0.1) is 11.8 Å². The van der Waals surface area contributed by atoms with Crippen LogP contribution in [-0.2, 0) is 0 Å². The maximum atomic E-state index is 4.33. The molecule has 0 spiro atoms. The van der Waals surface area contributed by atoms with E-state index in [-0.39, 0.29) is 4.75 Å². The van der Waals surface area contributed by atoms with Gasteiger partial charge in [-0.2, -0.15) is 0 Å². The van der Waals surface area contributed by atoms with E-state index in [2.05, 4.69) is 32.3 Å². The first-order chi connectivity index (χ1) is 6.01. The van der Waals surface area contributed by atoms with Gasteiger partial charge in [0.15, 0.2) is 0 Å². The van der Waals surface area contributed by atoms with Gasteiger partial charge in [0.1, 0.15) is 0 Å². The van der Waals surface area contributed by atoms with Crippen molar-refractivity contribution in [1.29, 1.82) is 0 Å². The van der Waals surface area contributed by atoms with Crippen LogP contribution >= 0.6 is 11.8 Å². The summed E-state index contributed by atoms with van der Waals surface area (Å²) in [6, 6.07) is 4.07. The molecule has 0 bridgehead atoms. The van der Waals surface area contributed by atoms with Crippen LogP contribution in [0.25, 0.3) is 6.08 Å². The molecule has 1 heterocycles. The van der Waals surface area contributed by atoms with E-state index in [0.717, 1.165) is 10.6 Å². The van der Waals surface area contributed by atoms with Gasteiger partial charge in [0, 0.05) is 10.9 Å². The Balaban J connectivity index is 2.75. The van der Waals surface area contributed by atoms with E-state index in [9.17, 15) is 0 Å². The van der Waals surface area contributed by atoms with Gasteiger partial charge in [-0.1, -0.05) is 39.5 Å². The molecule has 0 atom stereocenters. The maximum Gasteiger partial charge on any atom is 0.0965 e. The molecule has 0 fully saturated rings. The van der Waals surface area contributed by atoms with Crippen molar-refractivity contribution in [2.24, 2.45) is 0 Å². The van der Waals surface area contributed by atoms with E-state index < -0.39 is 0 Å². The normalized spacial score (nSPS) is 11.3. The van der Waals surface area contributed by atoms with Gasteiger partial charge in [0.25, 0.3) is 0 Å². The first kappa shape index (κ1) is 10.3. The summed E-state index contributed by atoms with van der Waals surface area (Å²) in [6.45, 7) is 10.2. The molecule has 2 heteroatoms. The summed E-state index contributed by atoms with van der Waals surface area (Å²) in [5.74, 6) is 0. The average Bonchev–Trinajstić information content (AvgIpc) is 2.03. The Hall–Kier alpha value is -0.760. The van der Waals surface area contributed by atoms with Crippen LogP contribution in [0.2, 0.25) is 0 Å². The molecule has 0 aliphatic carbocycles. The lowest BCUT2D eigenvalue weighted by atomic mass is 10.3. The SMILES string of the molecule is C=Cc1ccc(SC(C)(C)C)nc1. The highest BCUT2D eigenvalue weighted by Crippen LogP contribution is 2.30. The molecule has 0 amide bonds. The fraction of sp³-hybridized carbons (Fsp3) is 0.364. The van der Waals surface area contributed by atoms with Gasteiger partial charge in [-0.25, -0.2) is 4.98 Å². The number of thioether (sulfide) groups is 1. The van der Waals surface area contributed by atoms with Crippen LogP contribution in [0.4, 0.5) is 0 Å². The minimum Gasteiger partial charge on any atom is -0.249 e. The molecule has 0 unspecified atom stereocenters. The molecular weight excluding hydrogens is 178 g/mol. The van der Waals surface area contributed by atoms with Crippen molar-refractivity contribution in [3.8, 4) is 0 Å². The van der Waals surface area contributed by atoms with Crippen molar-refractivity contribution >= 4 is 17.8 Å². The zero-order valence-corrected chi connectivity index (χ0v) is 9.19. The van der Waals surface area contributed by atoms with Crippen molar-refractivity contribution in [3.05, 3.63) is 30.5 Å². The van der Waals surface area contributed by atoms with E-state index in [4.69, 9.17) is 0 Å². The lowest BCUT2D eigenvalue weighted by molar-refractivity contribution is 0.799. The van der Waals surface area contributed by atoms with E-state index in [1.807, 2.05) is 18.3 Å². The monoisotopic (exact) mass is 193 g/mol. The minimum atomic E-state index is 0.225. The van der Waals surface area contributed by atoms with Crippen molar-refractivity contribution in [1.82, 2.24) is 4.98 Å². The summed E-state index contributed by atoms with van der Waals surface area (Å²) in [5, 5.41) is 1.07. The van der Waals surface area contributed by atoms with E-state index in [0.29, 0.717) is 0 Å². The molecule has 1 rings (SSSR count). The Kier molecular flexibility index (Phi) is 3.15. The van der Waals surface area contributed by atoms with Crippen molar-refractivity contribution in [2.45, 2.75) is 30.5 Å². The number of aromatic nitrogens is 1. The Morgan fingerprint density at radius 2 is 2.08 bits per heavy atom. The predicted molar refractivity (Wildman–Crippen MR) is 59.9 cm³/mol. The van der Waals surface area contributed by atoms with Crippen molar-refractivity contribution in [3.63, 3.8) is 0 Å². The zero-order chi connectivity index (χ0) is 9.90. The third-order valence-electron chi connectivity index (χ3n) is 1.41. The number of rotatable bonds is 2. The Labute approximate surface area is 84.3 Å². The molecule has 0 aliphatic rings. The van der Waals surface area contributed by atoms with Gasteiger partial charge >= 0.3 is 0 Å². The van der Waals surface area contributed by atoms with Crippen LogP contribution in [0.15, 0.2) is 29.9 Å². The molecule has 0 aliphatic heterocycles. The quantitative estimate of drug-likeness (QED) is 0.665. The molecule has 1 aromatic rings. The molecule has 70 valence electrons. The minimum absolute atomic E-state index is 0.225. The summed E-state index contributed by atoms with van der Waals surface area (Å²) in [7, 11) is 0. The average molecular weight is 193 g/mol. The second-order valence-electron chi connectivity index (χ2n) is 3.85. The van der Waals surface area contributed by atoms with Gasteiger partial charge in [-0.3, -0.25) is 0 Å². The molecule has 13 heavy (non-hydrogen) atoms. The topological polar surface area (TPSA) is 12.9 Å². The largest absolute Gasteiger partial charge is 0.249 e. The van der Waals surface area contributed by atoms with Crippen LogP contribution in [0.3, 0.4) is 0 Å². The summed E-state index contributed by atoms with van der Waals surface area (Å²) in [4.78, 5) is 4.33. The lowest BCUT2D eigenvalue weighted by Gasteiger charge is -2.16. The van der Waals surface area contributed by atoms with Crippen LogP contribution in [0.1, 0.15) is 26.3 Å². The molecule has 0 saturated heterocycles. The maximum absolute atomic E-state index is 4.33. The zero-order valence-electron chi connectivity index (χ0n) is 8.37. The molecule has 1 aromatic heterocycles. The smallest absolute Gasteiger partial charge is 0.0965 e. The van der Waals surface area contributed by atoms with Gasteiger partial charge in [0.05, 0.1) is 5.03 Å². The van der Waals surface area contributed by atoms with Crippen molar-refractivity contribution in [2.75, 3.05) is 0 Å².